The molecule has 2 N–H and O–H groups in total. The van der Waals surface area contributed by atoms with E-state index in [1.54, 1.807) is 30.3 Å². The lowest BCUT2D eigenvalue weighted by atomic mass is 9.93. The van der Waals surface area contributed by atoms with Crippen molar-refractivity contribution >= 4 is 11.6 Å². The fourth-order valence-electron chi connectivity index (χ4n) is 3.69. The quantitative estimate of drug-likeness (QED) is 0.723. The summed E-state index contributed by atoms with van der Waals surface area (Å²) in [6.07, 6.45) is 0.816. The molecule has 0 aliphatic carbocycles. The predicted molar refractivity (Wildman–Crippen MR) is 105 cm³/mol. The molecular weight excluding hydrogens is 386 g/mol. The Labute approximate surface area is 168 Å². The van der Waals surface area contributed by atoms with Gasteiger partial charge in [-0.1, -0.05) is 49.2 Å². The van der Waals surface area contributed by atoms with Gasteiger partial charge in [0.2, 0.25) is 0 Å². The Morgan fingerprint density at radius 2 is 1.79 bits per heavy atom. The van der Waals surface area contributed by atoms with E-state index in [0.29, 0.717) is 35.4 Å². The number of rotatable bonds is 6. The molecule has 1 heterocycles. The van der Waals surface area contributed by atoms with Crippen molar-refractivity contribution in [1.82, 2.24) is 0 Å². The summed E-state index contributed by atoms with van der Waals surface area (Å²) in [4.78, 5) is 0. The first-order chi connectivity index (χ1) is 13.4. The van der Waals surface area contributed by atoms with Crippen molar-refractivity contribution in [2.24, 2.45) is 0 Å². The minimum Gasteiger partial charge on any atom is -0.394 e. The van der Waals surface area contributed by atoms with Crippen molar-refractivity contribution in [1.29, 1.82) is 0 Å². The lowest BCUT2D eigenvalue weighted by molar-refractivity contribution is -0.113. The van der Waals surface area contributed by atoms with E-state index in [9.17, 15) is 19.0 Å². The van der Waals surface area contributed by atoms with Crippen LogP contribution in [0.1, 0.15) is 54.5 Å². The van der Waals surface area contributed by atoms with Gasteiger partial charge in [-0.3, -0.25) is 0 Å². The molecule has 0 aromatic heterocycles. The molecule has 1 aliphatic heterocycles. The van der Waals surface area contributed by atoms with E-state index in [4.69, 9.17) is 16.3 Å². The van der Waals surface area contributed by atoms with Crippen LogP contribution in [0.3, 0.4) is 0 Å². The van der Waals surface area contributed by atoms with Gasteiger partial charge in [0, 0.05) is 24.3 Å². The molecule has 0 spiro atoms. The molecule has 0 radical (unpaired) electrons. The van der Waals surface area contributed by atoms with Crippen LogP contribution in [0, 0.1) is 11.6 Å². The third kappa shape index (κ3) is 4.71. The Balaban J connectivity index is 1.85. The summed E-state index contributed by atoms with van der Waals surface area (Å²) in [5, 5.41) is 19.8. The van der Waals surface area contributed by atoms with Crippen molar-refractivity contribution in [2.75, 3.05) is 6.61 Å². The van der Waals surface area contributed by atoms with Crippen molar-refractivity contribution < 1.29 is 23.7 Å². The zero-order valence-electron chi connectivity index (χ0n) is 15.8. The van der Waals surface area contributed by atoms with Crippen LogP contribution in [0.15, 0.2) is 30.3 Å². The zero-order chi connectivity index (χ0) is 20.3. The Bertz CT molecular complexity index is 828. The van der Waals surface area contributed by atoms with Gasteiger partial charge >= 0.3 is 0 Å². The second-order valence-electron chi connectivity index (χ2n) is 7.34. The van der Waals surface area contributed by atoms with E-state index in [-0.39, 0.29) is 24.7 Å². The maximum atomic E-state index is 14.5. The Hall–Kier alpha value is -1.53. The molecule has 0 bridgehead atoms. The molecule has 1 unspecified atom stereocenters. The van der Waals surface area contributed by atoms with Gasteiger partial charge in [0.15, 0.2) is 11.6 Å². The number of aliphatic hydroxyl groups is 2. The summed E-state index contributed by atoms with van der Waals surface area (Å²) >= 11 is 6.30. The van der Waals surface area contributed by atoms with Gasteiger partial charge in [-0.05, 0) is 34.7 Å². The average Bonchev–Trinajstić information content (AvgIpc) is 2.68. The molecule has 3 rings (SSSR count). The largest absolute Gasteiger partial charge is 0.394 e. The van der Waals surface area contributed by atoms with Crippen molar-refractivity contribution in [3.05, 3.63) is 69.2 Å². The van der Waals surface area contributed by atoms with Gasteiger partial charge in [0.1, 0.15) is 0 Å². The summed E-state index contributed by atoms with van der Waals surface area (Å²) in [7, 11) is 0. The lowest BCUT2D eigenvalue weighted by Crippen LogP contribution is -2.33. The topological polar surface area (TPSA) is 49.7 Å². The molecule has 3 nitrogen and oxygen atoms in total. The van der Waals surface area contributed by atoms with Gasteiger partial charge < -0.3 is 14.9 Å². The Morgan fingerprint density at radius 3 is 2.50 bits per heavy atom. The van der Waals surface area contributed by atoms with E-state index in [1.165, 1.54) is 0 Å². The smallest absolute Gasteiger partial charge is 0.162 e. The van der Waals surface area contributed by atoms with Crippen LogP contribution in [0.2, 0.25) is 5.02 Å². The molecule has 0 amide bonds. The maximum Gasteiger partial charge on any atom is 0.162 e. The van der Waals surface area contributed by atoms with Crippen LogP contribution in [-0.2, 0) is 17.6 Å². The molecule has 2 aromatic rings. The number of aliphatic hydroxyl groups excluding tert-OH is 2. The van der Waals surface area contributed by atoms with Crippen LogP contribution < -0.4 is 0 Å². The summed E-state index contributed by atoms with van der Waals surface area (Å²) in [5.74, 6) is -1.63. The summed E-state index contributed by atoms with van der Waals surface area (Å²) in [5.41, 5.74) is 2.07. The Kier molecular flexibility index (Phi) is 7.05. The minimum atomic E-state index is -0.836. The fourth-order valence-corrected chi connectivity index (χ4v) is 3.87. The van der Waals surface area contributed by atoms with Gasteiger partial charge in [-0.15, -0.1) is 0 Å². The molecule has 3 atom stereocenters. The number of benzene rings is 2. The third-order valence-corrected chi connectivity index (χ3v) is 5.53. The van der Waals surface area contributed by atoms with E-state index < -0.39 is 23.8 Å². The van der Waals surface area contributed by atoms with Crippen molar-refractivity contribution in [3.63, 3.8) is 0 Å². The number of hydrogen-bond donors (Lipinski definition) is 2. The highest BCUT2D eigenvalue weighted by atomic mass is 35.5. The van der Waals surface area contributed by atoms with Crippen LogP contribution >= 0.6 is 11.6 Å². The second-order valence-corrected chi connectivity index (χ2v) is 7.75. The van der Waals surface area contributed by atoms with Gasteiger partial charge in [-0.2, -0.15) is 0 Å². The fraction of sp³-hybridized carbons (Fsp3) is 0.455. The number of halogens is 3. The highest BCUT2D eigenvalue weighted by molar-refractivity contribution is 6.31. The first-order valence-electron chi connectivity index (χ1n) is 9.61. The van der Waals surface area contributed by atoms with Crippen LogP contribution in [0.4, 0.5) is 8.78 Å². The zero-order valence-corrected chi connectivity index (χ0v) is 16.6. The average molecular weight is 411 g/mol. The molecule has 152 valence electrons. The SMILES string of the molecule is CCCc1ccc(Cc2cc([C@H]3CC(O)C[C@@H](CO)O3)ccc2Cl)c(F)c1F. The van der Waals surface area contributed by atoms with Crippen LogP contribution in [0.5, 0.6) is 0 Å². The number of ether oxygens (including phenoxy) is 1. The van der Waals surface area contributed by atoms with E-state index in [2.05, 4.69) is 0 Å². The van der Waals surface area contributed by atoms with Gasteiger partial charge in [0.25, 0.3) is 0 Å². The standard InChI is InChI=1S/C22H25ClF2O3/c1-2-3-13-4-5-15(22(25)21(13)24)9-16-8-14(6-7-19(16)23)20-11-17(27)10-18(12-26)28-20/h4-8,17-18,20,26-27H,2-3,9-12H2,1H3/t17?,18-,20+/m0/s1. The Morgan fingerprint density at radius 1 is 1.07 bits per heavy atom. The predicted octanol–water partition coefficient (Wildman–Crippen LogP) is 4.73. The highest BCUT2D eigenvalue weighted by Crippen LogP contribution is 2.34. The van der Waals surface area contributed by atoms with Gasteiger partial charge in [-0.25, -0.2) is 8.78 Å². The molecule has 1 aliphatic rings. The number of hydrogen-bond acceptors (Lipinski definition) is 3. The van der Waals surface area contributed by atoms with E-state index in [1.807, 2.05) is 6.92 Å². The van der Waals surface area contributed by atoms with Gasteiger partial charge in [0.05, 0.1) is 24.9 Å². The maximum absolute atomic E-state index is 14.5. The summed E-state index contributed by atoms with van der Waals surface area (Å²) in [6, 6.07) is 8.53. The summed E-state index contributed by atoms with van der Waals surface area (Å²) in [6.45, 7) is 1.75. The first kappa shape index (κ1) is 21.2. The third-order valence-electron chi connectivity index (χ3n) is 5.17. The molecule has 28 heavy (non-hydrogen) atoms. The van der Waals surface area contributed by atoms with E-state index in [0.717, 1.165) is 12.0 Å². The van der Waals surface area contributed by atoms with Crippen molar-refractivity contribution in [2.45, 2.75) is 57.3 Å². The molecule has 2 aromatic carbocycles. The summed E-state index contributed by atoms with van der Waals surface area (Å²) < 4.78 is 34.6. The second kappa shape index (κ2) is 9.31. The molecule has 1 fully saturated rings. The van der Waals surface area contributed by atoms with E-state index >= 15 is 0 Å². The number of aryl methyl sites for hydroxylation is 1. The van der Waals surface area contributed by atoms with Crippen molar-refractivity contribution in [3.8, 4) is 0 Å². The van der Waals surface area contributed by atoms with Crippen LogP contribution in [-0.4, -0.2) is 29.0 Å². The normalized spacial score (nSPS) is 22.4. The lowest BCUT2D eigenvalue weighted by Gasteiger charge is -2.32. The monoisotopic (exact) mass is 410 g/mol. The minimum absolute atomic E-state index is 0.153. The first-order valence-corrected chi connectivity index (χ1v) is 9.99. The molecule has 1 saturated heterocycles. The van der Waals surface area contributed by atoms with Crippen LogP contribution in [0.25, 0.3) is 0 Å². The molecule has 6 heteroatoms. The molecular formula is C22H25ClF2O3. The highest BCUT2D eigenvalue weighted by Gasteiger charge is 2.29. The molecule has 0 saturated carbocycles.